The summed E-state index contributed by atoms with van der Waals surface area (Å²) in [7, 11) is 1.71. The van der Waals surface area contributed by atoms with Gasteiger partial charge in [-0.1, -0.05) is 24.1 Å². The highest BCUT2D eigenvalue weighted by molar-refractivity contribution is 5.36. The van der Waals surface area contributed by atoms with E-state index >= 15 is 0 Å². The van der Waals surface area contributed by atoms with Crippen LogP contribution >= 0.6 is 0 Å². The molecule has 2 unspecified atom stereocenters. The normalized spacial score (nSPS) is 23.3. The number of aliphatic hydroxyl groups is 1. The summed E-state index contributed by atoms with van der Waals surface area (Å²) >= 11 is 0. The lowest BCUT2D eigenvalue weighted by atomic mass is 10.0. The third kappa shape index (κ3) is 3.03. The molecule has 2 N–H and O–H groups in total. The minimum Gasteiger partial charge on any atom is -0.496 e. The summed E-state index contributed by atoms with van der Waals surface area (Å²) in [4.78, 5) is 0. The topological polar surface area (TPSA) is 41.5 Å². The molecule has 2 rings (SSSR count). The first-order chi connectivity index (χ1) is 8.74. The molecule has 1 aromatic carbocycles. The van der Waals surface area contributed by atoms with Crippen molar-refractivity contribution in [3.8, 4) is 5.75 Å². The molecule has 3 nitrogen and oxygen atoms in total. The Morgan fingerprint density at radius 1 is 1.39 bits per heavy atom. The molecule has 0 saturated heterocycles. The molecule has 1 fully saturated rings. The smallest absolute Gasteiger partial charge is 0.123 e. The van der Waals surface area contributed by atoms with E-state index in [1.807, 2.05) is 6.07 Å². The second-order valence-corrected chi connectivity index (χ2v) is 5.18. The minimum atomic E-state index is 0.294. The summed E-state index contributed by atoms with van der Waals surface area (Å²) < 4.78 is 5.38. The first kappa shape index (κ1) is 13.4. The number of methoxy groups -OCH3 is 1. The van der Waals surface area contributed by atoms with Crippen molar-refractivity contribution < 1.29 is 9.84 Å². The molecule has 18 heavy (non-hydrogen) atoms. The maximum atomic E-state index is 9.31. The van der Waals surface area contributed by atoms with E-state index in [2.05, 4.69) is 24.4 Å². The van der Waals surface area contributed by atoms with Gasteiger partial charge in [0.2, 0.25) is 0 Å². The van der Waals surface area contributed by atoms with Crippen molar-refractivity contribution in [2.24, 2.45) is 5.92 Å². The Morgan fingerprint density at radius 3 is 2.94 bits per heavy atom. The van der Waals surface area contributed by atoms with Crippen LogP contribution in [-0.4, -0.2) is 24.9 Å². The lowest BCUT2D eigenvalue weighted by molar-refractivity contribution is 0.205. The lowest BCUT2D eigenvalue weighted by Crippen LogP contribution is -2.33. The molecule has 1 aliphatic carbocycles. The number of rotatable bonds is 5. The van der Waals surface area contributed by atoms with E-state index in [0.29, 0.717) is 18.6 Å². The first-order valence-corrected chi connectivity index (χ1v) is 6.72. The molecule has 1 aliphatic rings. The van der Waals surface area contributed by atoms with Crippen molar-refractivity contribution in [2.45, 2.75) is 38.8 Å². The Balaban J connectivity index is 1.99. The van der Waals surface area contributed by atoms with E-state index in [1.54, 1.807) is 7.11 Å². The van der Waals surface area contributed by atoms with Crippen LogP contribution in [0.5, 0.6) is 5.75 Å². The molecule has 0 amide bonds. The van der Waals surface area contributed by atoms with E-state index < -0.39 is 0 Å². The number of nitrogens with one attached hydrogen (secondary N) is 1. The summed E-state index contributed by atoms with van der Waals surface area (Å²) in [5, 5.41) is 12.9. The summed E-state index contributed by atoms with van der Waals surface area (Å²) in [5.74, 6) is 1.35. The van der Waals surface area contributed by atoms with Crippen molar-refractivity contribution in [3.05, 3.63) is 29.3 Å². The van der Waals surface area contributed by atoms with Crippen molar-refractivity contribution in [2.75, 3.05) is 13.7 Å². The monoisotopic (exact) mass is 249 g/mol. The maximum absolute atomic E-state index is 9.31. The second kappa shape index (κ2) is 6.21. The standard InChI is InChI=1S/C15H23NO2/c1-11-6-7-15(18-2)13(8-11)9-16-14-5-3-4-12(14)10-17/h6-8,12,14,16-17H,3-5,9-10H2,1-2H3. The number of ether oxygens (including phenoxy) is 1. The number of aryl methyl sites for hydroxylation is 1. The van der Waals surface area contributed by atoms with Gasteiger partial charge in [0.25, 0.3) is 0 Å². The molecular weight excluding hydrogens is 226 g/mol. The highest BCUT2D eigenvalue weighted by Crippen LogP contribution is 2.26. The van der Waals surface area contributed by atoms with Gasteiger partial charge in [-0.3, -0.25) is 0 Å². The Bertz CT molecular complexity index is 392. The number of hydrogen-bond acceptors (Lipinski definition) is 3. The fraction of sp³-hybridized carbons (Fsp3) is 0.600. The van der Waals surface area contributed by atoms with Crippen molar-refractivity contribution >= 4 is 0 Å². The molecule has 0 bridgehead atoms. The number of hydrogen-bond donors (Lipinski definition) is 2. The van der Waals surface area contributed by atoms with Gasteiger partial charge in [0.05, 0.1) is 7.11 Å². The SMILES string of the molecule is COc1ccc(C)cc1CNC1CCCC1CO. The minimum absolute atomic E-state index is 0.294. The maximum Gasteiger partial charge on any atom is 0.123 e. The number of aliphatic hydroxyl groups excluding tert-OH is 1. The molecule has 0 aliphatic heterocycles. The van der Waals surface area contributed by atoms with Gasteiger partial charge in [-0.2, -0.15) is 0 Å². The van der Waals surface area contributed by atoms with Crippen LogP contribution in [0.1, 0.15) is 30.4 Å². The fourth-order valence-electron chi connectivity index (χ4n) is 2.81. The van der Waals surface area contributed by atoms with Gasteiger partial charge >= 0.3 is 0 Å². The fourth-order valence-corrected chi connectivity index (χ4v) is 2.81. The summed E-state index contributed by atoms with van der Waals surface area (Å²) in [6.45, 7) is 3.20. The van der Waals surface area contributed by atoms with E-state index in [4.69, 9.17) is 4.74 Å². The predicted octanol–water partition coefficient (Wildman–Crippen LogP) is 2.25. The Labute approximate surface area is 109 Å². The van der Waals surface area contributed by atoms with E-state index in [1.165, 1.54) is 24.0 Å². The molecule has 0 aromatic heterocycles. The molecular formula is C15H23NO2. The highest BCUT2D eigenvalue weighted by Gasteiger charge is 2.26. The first-order valence-electron chi connectivity index (χ1n) is 6.72. The van der Waals surface area contributed by atoms with Gasteiger partial charge in [-0.15, -0.1) is 0 Å². The van der Waals surface area contributed by atoms with Crippen molar-refractivity contribution in [3.63, 3.8) is 0 Å². The Kier molecular flexibility index (Phi) is 4.61. The second-order valence-electron chi connectivity index (χ2n) is 5.18. The van der Waals surface area contributed by atoms with Crippen LogP contribution < -0.4 is 10.1 Å². The predicted molar refractivity (Wildman–Crippen MR) is 72.8 cm³/mol. The van der Waals surface area contributed by atoms with E-state index in [0.717, 1.165) is 18.7 Å². The van der Waals surface area contributed by atoms with Crippen LogP contribution in [0.4, 0.5) is 0 Å². The molecule has 3 heteroatoms. The number of benzene rings is 1. The van der Waals surface area contributed by atoms with Crippen molar-refractivity contribution in [1.82, 2.24) is 5.32 Å². The highest BCUT2D eigenvalue weighted by atomic mass is 16.5. The van der Waals surface area contributed by atoms with Gasteiger partial charge in [0.15, 0.2) is 0 Å². The third-order valence-corrected chi connectivity index (χ3v) is 3.88. The Morgan fingerprint density at radius 2 is 2.22 bits per heavy atom. The van der Waals surface area contributed by atoms with Crippen LogP contribution in [0.25, 0.3) is 0 Å². The van der Waals surface area contributed by atoms with Crippen LogP contribution in [0.15, 0.2) is 18.2 Å². The van der Waals surface area contributed by atoms with Crippen LogP contribution in [0, 0.1) is 12.8 Å². The average Bonchev–Trinajstić information content (AvgIpc) is 2.84. The average molecular weight is 249 g/mol. The lowest BCUT2D eigenvalue weighted by Gasteiger charge is -2.20. The Hall–Kier alpha value is -1.06. The van der Waals surface area contributed by atoms with Crippen molar-refractivity contribution in [1.29, 1.82) is 0 Å². The summed E-state index contributed by atoms with van der Waals surface area (Å²) in [5.41, 5.74) is 2.44. The van der Waals surface area contributed by atoms with Gasteiger partial charge in [0, 0.05) is 24.8 Å². The largest absolute Gasteiger partial charge is 0.496 e. The molecule has 0 heterocycles. The molecule has 1 saturated carbocycles. The summed E-state index contributed by atoms with van der Waals surface area (Å²) in [6.07, 6.45) is 3.52. The van der Waals surface area contributed by atoms with Gasteiger partial charge in [0.1, 0.15) is 5.75 Å². The van der Waals surface area contributed by atoms with Crippen LogP contribution in [0.3, 0.4) is 0 Å². The zero-order valence-corrected chi connectivity index (χ0v) is 11.3. The van der Waals surface area contributed by atoms with Gasteiger partial charge in [-0.25, -0.2) is 0 Å². The van der Waals surface area contributed by atoms with Gasteiger partial charge in [-0.05, 0) is 31.7 Å². The molecule has 100 valence electrons. The molecule has 0 spiro atoms. The van der Waals surface area contributed by atoms with E-state index in [-0.39, 0.29) is 0 Å². The van der Waals surface area contributed by atoms with Crippen LogP contribution in [0.2, 0.25) is 0 Å². The third-order valence-electron chi connectivity index (χ3n) is 3.88. The quantitative estimate of drug-likeness (QED) is 0.841. The molecule has 0 radical (unpaired) electrons. The van der Waals surface area contributed by atoms with E-state index in [9.17, 15) is 5.11 Å². The summed E-state index contributed by atoms with van der Waals surface area (Å²) in [6, 6.07) is 6.69. The zero-order chi connectivity index (χ0) is 13.0. The zero-order valence-electron chi connectivity index (χ0n) is 11.3. The van der Waals surface area contributed by atoms with Gasteiger partial charge < -0.3 is 15.2 Å². The molecule has 1 aromatic rings. The molecule has 2 atom stereocenters. The van der Waals surface area contributed by atoms with Crippen LogP contribution in [-0.2, 0) is 6.54 Å².